The van der Waals surface area contributed by atoms with Crippen molar-refractivity contribution in [3.8, 4) is 5.69 Å². The smallest absolute Gasteiger partial charge is 0.322 e. The summed E-state index contributed by atoms with van der Waals surface area (Å²) in [6.07, 6.45) is -4.15. The van der Waals surface area contributed by atoms with Crippen LogP contribution in [-0.4, -0.2) is 15.7 Å². The highest BCUT2D eigenvalue weighted by atomic mass is 19.4. The Morgan fingerprint density at radius 1 is 1.00 bits per heavy atom. The highest BCUT2D eigenvalue weighted by Gasteiger charge is 2.40. The summed E-state index contributed by atoms with van der Waals surface area (Å²) in [7, 11) is 0. The Balaban J connectivity index is 2.02. The number of carbonyl (C=O) groups excluding carboxylic acids is 1. The zero-order valence-electron chi connectivity index (χ0n) is 12.9. The first-order valence-electron chi connectivity index (χ1n) is 7.24. The molecule has 1 aromatic heterocycles. The summed E-state index contributed by atoms with van der Waals surface area (Å²) in [4.78, 5) is 12.2. The molecule has 0 saturated heterocycles. The van der Waals surface area contributed by atoms with Gasteiger partial charge in [-0.3, -0.25) is 4.79 Å². The maximum atomic E-state index is 13.5. The predicted octanol–water partition coefficient (Wildman–Crippen LogP) is 4.42. The van der Waals surface area contributed by atoms with Crippen LogP contribution in [0.4, 0.5) is 27.6 Å². The summed E-state index contributed by atoms with van der Waals surface area (Å²) in [5.41, 5.74) is -2.13. The van der Waals surface area contributed by atoms with Crippen molar-refractivity contribution in [2.45, 2.75) is 6.18 Å². The largest absolute Gasteiger partial charge is 0.434 e. The molecular weight excluding hydrogens is 357 g/mol. The van der Waals surface area contributed by atoms with E-state index in [2.05, 4.69) is 10.4 Å². The molecule has 0 spiro atoms. The van der Waals surface area contributed by atoms with Crippen molar-refractivity contribution in [2.75, 3.05) is 5.32 Å². The van der Waals surface area contributed by atoms with Gasteiger partial charge < -0.3 is 5.32 Å². The number of nitrogens with one attached hydrogen (secondary N) is 1. The van der Waals surface area contributed by atoms with Crippen LogP contribution in [0, 0.1) is 11.6 Å². The number of hydrogen-bond acceptors (Lipinski definition) is 2. The van der Waals surface area contributed by atoms with Gasteiger partial charge in [-0.05, 0) is 42.5 Å². The van der Waals surface area contributed by atoms with Gasteiger partial charge in [0.15, 0.2) is 5.69 Å². The minimum atomic E-state index is -4.90. The maximum absolute atomic E-state index is 13.5. The first kappa shape index (κ1) is 17.6. The summed E-state index contributed by atoms with van der Waals surface area (Å²) in [5, 5.41) is 5.80. The average molecular weight is 367 g/mol. The van der Waals surface area contributed by atoms with Crippen molar-refractivity contribution < 1.29 is 26.7 Å². The second-order valence-corrected chi connectivity index (χ2v) is 5.26. The van der Waals surface area contributed by atoms with E-state index >= 15 is 0 Å². The Morgan fingerprint density at radius 3 is 2.31 bits per heavy atom. The van der Waals surface area contributed by atoms with Crippen molar-refractivity contribution in [2.24, 2.45) is 0 Å². The average Bonchev–Trinajstić information content (AvgIpc) is 3.01. The molecule has 4 nitrogen and oxygen atoms in total. The van der Waals surface area contributed by atoms with Crippen molar-refractivity contribution in [1.82, 2.24) is 9.78 Å². The highest BCUT2D eigenvalue weighted by Crippen LogP contribution is 2.34. The summed E-state index contributed by atoms with van der Waals surface area (Å²) in [6, 6.07) is 8.89. The van der Waals surface area contributed by atoms with Crippen LogP contribution in [0.25, 0.3) is 5.69 Å². The summed E-state index contributed by atoms with van der Waals surface area (Å²) >= 11 is 0. The van der Waals surface area contributed by atoms with E-state index in [4.69, 9.17) is 0 Å². The Hall–Kier alpha value is -3.23. The standard InChI is InChI=1S/C17H10F5N3O/c18-10-4-6-13(7-5-10)25-15(17(20,21)22)14(9-23-25)16(26)24-12-3-1-2-11(19)8-12/h1-9H,(H,24,26). The van der Waals surface area contributed by atoms with E-state index < -0.39 is 35.0 Å². The first-order valence-corrected chi connectivity index (χ1v) is 7.24. The molecule has 0 saturated carbocycles. The highest BCUT2D eigenvalue weighted by molar-refractivity contribution is 6.05. The van der Waals surface area contributed by atoms with E-state index in [0.717, 1.165) is 42.6 Å². The minimum absolute atomic E-state index is 0.00217. The Bertz CT molecular complexity index is 948. The van der Waals surface area contributed by atoms with Crippen molar-refractivity contribution in [1.29, 1.82) is 0 Å². The van der Waals surface area contributed by atoms with Crippen LogP contribution in [-0.2, 0) is 6.18 Å². The zero-order valence-corrected chi connectivity index (χ0v) is 12.9. The fourth-order valence-electron chi connectivity index (χ4n) is 2.33. The number of hydrogen-bond donors (Lipinski definition) is 1. The molecule has 1 N–H and O–H groups in total. The fraction of sp³-hybridized carbons (Fsp3) is 0.0588. The molecule has 0 aliphatic carbocycles. The lowest BCUT2D eigenvalue weighted by atomic mass is 10.2. The van der Waals surface area contributed by atoms with Gasteiger partial charge in [-0.2, -0.15) is 18.3 Å². The van der Waals surface area contributed by atoms with Crippen LogP contribution in [0.15, 0.2) is 54.7 Å². The number of aromatic nitrogens is 2. The number of alkyl halides is 3. The summed E-state index contributed by atoms with van der Waals surface area (Å²) in [6.45, 7) is 0. The molecule has 9 heteroatoms. The molecule has 0 atom stereocenters. The van der Waals surface area contributed by atoms with E-state index in [0.29, 0.717) is 4.68 Å². The number of nitrogens with zero attached hydrogens (tertiary/aromatic N) is 2. The van der Waals surface area contributed by atoms with Crippen LogP contribution < -0.4 is 5.32 Å². The second kappa shape index (κ2) is 6.58. The van der Waals surface area contributed by atoms with Gasteiger partial charge in [-0.25, -0.2) is 13.5 Å². The normalized spacial score (nSPS) is 11.4. The summed E-state index contributed by atoms with van der Waals surface area (Å²) < 4.78 is 67.2. The van der Waals surface area contributed by atoms with Crippen molar-refractivity contribution in [3.05, 3.63) is 77.6 Å². The van der Waals surface area contributed by atoms with Gasteiger partial charge in [0.1, 0.15) is 11.6 Å². The van der Waals surface area contributed by atoms with Crippen LogP contribution in [0.1, 0.15) is 16.1 Å². The van der Waals surface area contributed by atoms with Crippen LogP contribution in [0.3, 0.4) is 0 Å². The third-order valence-electron chi connectivity index (χ3n) is 3.44. The molecule has 0 radical (unpaired) electrons. The molecule has 3 aromatic rings. The number of carbonyl (C=O) groups is 1. The van der Waals surface area contributed by atoms with Crippen LogP contribution in [0.2, 0.25) is 0 Å². The van der Waals surface area contributed by atoms with E-state index in [1.54, 1.807) is 0 Å². The minimum Gasteiger partial charge on any atom is -0.322 e. The fourth-order valence-corrected chi connectivity index (χ4v) is 2.33. The molecule has 1 heterocycles. The van der Waals surface area contributed by atoms with Gasteiger partial charge in [0.25, 0.3) is 5.91 Å². The molecule has 1 amide bonds. The lowest BCUT2D eigenvalue weighted by Gasteiger charge is -2.13. The monoisotopic (exact) mass is 367 g/mol. The number of halogens is 5. The topological polar surface area (TPSA) is 46.9 Å². The molecule has 0 unspecified atom stereocenters. The molecule has 2 aromatic carbocycles. The lowest BCUT2D eigenvalue weighted by Crippen LogP contribution is -2.20. The zero-order chi connectivity index (χ0) is 18.9. The van der Waals surface area contributed by atoms with E-state index in [9.17, 15) is 26.7 Å². The molecule has 3 rings (SSSR count). The van der Waals surface area contributed by atoms with Gasteiger partial charge in [-0.15, -0.1) is 0 Å². The van der Waals surface area contributed by atoms with Crippen molar-refractivity contribution >= 4 is 11.6 Å². The third kappa shape index (κ3) is 3.56. The van der Waals surface area contributed by atoms with E-state index in [1.807, 2.05) is 0 Å². The third-order valence-corrected chi connectivity index (χ3v) is 3.44. The maximum Gasteiger partial charge on any atom is 0.434 e. The molecule has 0 bridgehead atoms. The van der Waals surface area contributed by atoms with Crippen LogP contribution >= 0.6 is 0 Å². The number of amides is 1. The molecular formula is C17H10F5N3O. The first-order chi connectivity index (χ1) is 12.3. The second-order valence-electron chi connectivity index (χ2n) is 5.26. The lowest BCUT2D eigenvalue weighted by molar-refractivity contribution is -0.143. The van der Waals surface area contributed by atoms with Gasteiger partial charge in [0.05, 0.1) is 17.4 Å². The molecule has 0 aliphatic heterocycles. The Labute approximate surface area is 143 Å². The quantitative estimate of drug-likeness (QED) is 0.697. The Kier molecular flexibility index (Phi) is 4.45. The SMILES string of the molecule is O=C(Nc1cccc(F)c1)c1cnn(-c2ccc(F)cc2)c1C(F)(F)F. The van der Waals surface area contributed by atoms with Gasteiger partial charge in [0.2, 0.25) is 0 Å². The molecule has 134 valence electrons. The number of rotatable bonds is 3. The van der Waals surface area contributed by atoms with Gasteiger partial charge in [0, 0.05) is 5.69 Å². The molecule has 0 aliphatic rings. The van der Waals surface area contributed by atoms with E-state index in [-0.39, 0.29) is 11.4 Å². The van der Waals surface area contributed by atoms with Crippen LogP contribution in [0.5, 0.6) is 0 Å². The molecule has 0 fully saturated rings. The van der Waals surface area contributed by atoms with Crippen molar-refractivity contribution in [3.63, 3.8) is 0 Å². The number of benzene rings is 2. The Morgan fingerprint density at radius 2 is 1.69 bits per heavy atom. The summed E-state index contributed by atoms with van der Waals surface area (Å²) in [5.74, 6) is -2.38. The van der Waals surface area contributed by atoms with Gasteiger partial charge in [-0.1, -0.05) is 6.07 Å². The van der Waals surface area contributed by atoms with E-state index in [1.165, 1.54) is 12.1 Å². The predicted molar refractivity (Wildman–Crippen MR) is 82.9 cm³/mol. The van der Waals surface area contributed by atoms with Gasteiger partial charge >= 0.3 is 6.18 Å². The molecule has 26 heavy (non-hydrogen) atoms. The number of anilines is 1.